The molecule has 0 radical (unpaired) electrons. The van der Waals surface area contributed by atoms with Crippen molar-refractivity contribution in [2.45, 2.75) is 34.6 Å². The van der Waals surface area contributed by atoms with E-state index in [1.165, 1.54) is 0 Å². The Morgan fingerprint density at radius 1 is 1.07 bits per heavy atom. The van der Waals surface area contributed by atoms with Crippen LogP contribution in [-0.4, -0.2) is 39.6 Å². The van der Waals surface area contributed by atoms with Crippen LogP contribution in [0.3, 0.4) is 0 Å². The van der Waals surface area contributed by atoms with Gasteiger partial charge in [-0.2, -0.15) is 0 Å². The minimum Gasteiger partial charge on any atom is -0.380 e. The van der Waals surface area contributed by atoms with Gasteiger partial charge in [-0.1, -0.05) is 20.4 Å². The van der Waals surface area contributed by atoms with Crippen LogP contribution in [0, 0.1) is 0 Å². The lowest BCUT2D eigenvalue weighted by Crippen LogP contribution is -2.59. The SMILES string of the molecule is C=C(C)[Si](OCC)(OCC)N(CC)CC. The molecule has 0 aromatic carbocycles. The minimum absolute atomic E-state index is 0.676. The lowest BCUT2D eigenvalue weighted by molar-refractivity contribution is 0.133. The highest BCUT2D eigenvalue weighted by Crippen LogP contribution is 2.21. The van der Waals surface area contributed by atoms with E-state index in [-0.39, 0.29) is 0 Å². The summed E-state index contributed by atoms with van der Waals surface area (Å²) >= 11 is 0. The quantitative estimate of drug-likeness (QED) is 0.599. The van der Waals surface area contributed by atoms with Gasteiger partial charge in [-0.25, -0.2) is 0 Å². The molecule has 0 saturated carbocycles. The Morgan fingerprint density at radius 2 is 1.47 bits per heavy atom. The van der Waals surface area contributed by atoms with E-state index in [0.717, 1.165) is 18.3 Å². The maximum absolute atomic E-state index is 5.92. The van der Waals surface area contributed by atoms with Gasteiger partial charge in [0.2, 0.25) is 0 Å². The molecule has 0 fully saturated rings. The van der Waals surface area contributed by atoms with E-state index >= 15 is 0 Å². The number of hydrogen-bond donors (Lipinski definition) is 0. The van der Waals surface area contributed by atoms with E-state index in [1.807, 2.05) is 20.8 Å². The summed E-state index contributed by atoms with van der Waals surface area (Å²) in [7, 11) is -2.36. The molecule has 4 heteroatoms. The van der Waals surface area contributed by atoms with Crippen molar-refractivity contribution < 1.29 is 8.85 Å². The van der Waals surface area contributed by atoms with Crippen molar-refractivity contribution >= 4 is 8.72 Å². The fraction of sp³-hybridized carbons (Fsp3) is 0.818. The highest BCUT2D eigenvalue weighted by molar-refractivity contribution is 6.72. The van der Waals surface area contributed by atoms with Crippen molar-refractivity contribution in [3.8, 4) is 0 Å². The second-order valence-electron chi connectivity index (χ2n) is 3.40. The summed E-state index contributed by atoms with van der Waals surface area (Å²) in [5.74, 6) is 0. The van der Waals surface area contributed by atoms with Gasteiger partial charge in [0.05, 0.1) is 0 Å². The molecular weight excluding hydrogens is 206 g/mol. The van der Waals surface area contributed by atoms with E-state index in [4.69, 9.17) is 8.85 Å². The summed E-state index contributed by atoms with van der Waals surface area (Å²) < 4.78 is 14.1. The Balaban J connectivity index is 4.98. The molecule has 0 aliphatic heterocycles. The first kappa shape index (κ1) is 14.8. The topological polar surface area (TPSA) is 21.7 Å². The van der Waals surface area contributed by atoms with Gasteiger partial charge in [0, 0.05) is 13.2 Å². The maximum Gasteiger partial charge on any atom is 0.458 e. The van der Waals surface area contributed by atoms with E-state index in [1.54, 1.807) is 0 Å². The van der Waals surface area contributed by atoms with Crippen molar-refractivity contribution in [3.63, 3.8) is 0 Å². The molecule has 0 atom stereocenters. The van der Waals surface area contributed by atoms with Gasteiger partial charge >= 0.3 is 8.72 Å². The summed E-state index contributed by atoms with van der Waals surface area (Å²) in [6.07, 6.45) is 0. The average Bonchev–Trinajstić information content (AvgIpc) is 2.19. The number of hydrogen-bond acceptors (Lipinski definition) is 3. The van der Waals surface area contributed by atoms with Crippen LogP contribution in [-0.2, 0) is 8.85 Å². The first-order chi connectivity index (χ1) is 7.08. The van der Waals surface area contributed by atoms with E-state index in [0.29, 0.717) is 13.2 Å². The summed E-state index contributed by atoms with van der Waals surface area (Å²) in [5, 5.41) is 1.04. The molecule has 0 aromatic rings. The molecule has 0 aliphatic carbocycles. The summed E-state index contributed by atoms with van der Waals surface area (Å²) in [6, 6.07) is 0. The van der Waals surface area contributed by atoms with Crippen LogP contribution in [0.15, 0.2) is 11.8 Å². The minimum atomic E-state index is -2.36. The lowest BCUT2D eigenvalue weighted by atomic mass is 10.7. The van der Waals surface area contributed by atoms with Gasteiger partial charge in [0.25, 0.3) is 0 Å². The fourth-order valence-corrected chi connectivity index (χ4v) is 4.87. The van der Waals surface area contributed by atoms with Crippen molar-refractivity contribution in [1.29, 1.82) is 0 Å². The Hall–Kier alpha value is -0.163. The molecule has 90 valence electrons. The predicted octanol–water partition coefficient (Wildman–Crippen LogP) is 2.46. The highest BCUT2D eigenvalue weighted by atomic mass is 28.4. The Bertz CT molecular complexity index is 187. The van der Waals surface area contributed by atoms with Crippen LogP contribution < -0.4 is 0 Å². The molecule has 3 nitrogen and oxygen atoms in total. The lowest BCUT2D eigenvalue weighted by Gasteiger charge is -2.38. The van der Waals surface area contributed by atoms with Crippen LogP contribution >= 0.6 is 0 Å². The van der Waals surface area contributed by atoms with Gasteiger partial charge in [-0.3, -0.25) is 4.57 Å². The largest absolute Gasteiger partial charge is 0.458 e. The van der Waals surface area contributed by atoms with Crippen molar-refractivity contribution in [2.24, 2.45) is 0 Å². The van der Waals surface area contributed by atoms with Gasteiger partial charge in [-0.15, -0.1) is 0 Å². The number of allylic oxidation sites excluding steroid dienone is 1. The molecule has 0 bridgehead atoms. The van der Waals surface area contributed by atoms with Crippen molar-refractivity contribution in [3.05, 3.63) is 11.8 Å². The normalized spacial score (nSPS) is 12.1. The Kier molecular flexibility index (Phi) is 7.09. The smallest absolute Gasteiger partial charge is 0.380 e. The maximum atomic E-state index is 5.92. The molecule has 0 rings (SSSR count). The number of nitrogens with zero attached hydrogens (tertiary/aromatic N) is 1. The Morgan fingerprint density at radius 3 is 1.67 bits per heavy atom. The molecule has 0 unspecified atom stereocenters. The summed E-state index contributed by atoms with van der Waals surface area (Å²) in [6.45, 7) is 17.6. The summed E-state index contributed by atoms with van der Waals surface area (Å²) in [5.41, 5.74) is 0. The van der Waals surface area contributed by atoms with E-state index in [2.05, 4.69) is 25.0 Å². The third-order valence-corrected chi connectivity index (χ3v) is 6.30. The van der Waals surface area contributed by atoms with Crippen LogP contribution in [0.5, 0.6) is 0 Å². The molecule has 0 aliphatic rings. The second-order valence-corrected chi connectivity index (χ2v) is 6.63. The fourth-order valence-electron chi connectivity index (χ4n) is 1.77. The second kappa shape index (κ2) is 7.17. The molecule has 15 heavy (non-hydrogen) atoms. The van der Waals surface area contributed by atoms with Gasteiger partial charge < -0.3 is 8.85 Å². The van der Waals surface area contributed by atoms with Crippen LogP contribution in [0.25, 0.3) is 0 Å². The van der Waals surface area contributed by atoms with E-state index in [9.17, 15) is 0 Å². The molecule has 0 saturated heterocycles. The van der Waals surface area contributed by atoms with Crippen LogP contribution in [0.4, 0.5) is 0 Å². The van der Waals surface area contributed by atoms with E-state index < -0.39 is 8.72 Å². The first-order valence-electron chi connectivity index (χ1n) is 5.77. The zero-order valence-electron chi connectivity index (χ0n) is 10.8. The molecule has 0 heterocycles. The molecular formula is C11H25NO2Si. The zero-order valence-corrected chi connectivity index (χ0v) is 11.8. The number of rotatable bonds is 8. The van der Waals surface area contributed by atoms with Crippen molar-refractivity contribution in [1.82, 2.24) is 4.57 Å². The standard InChI is InChI=1S/C11H25NO2Si/c1-7-12(8-2)15(11(5)6,13-9-3)14-10-4/h5,7-10H2,1-4,6H3. The molecule has 0 aromatic heterocycles. The van der Waals surface area contributed by atoms with Crippen LogP contribution in [0.1, 0.15) is 34.6 Å². The molecule has 0 amide bonds. The van der Waals surface area contributed by atoms with Gasteiger partial charge in [0.1, 0.15) is 0 Å². The monoisotopic (exact) mass is 231 g/mol. The highest BCUT2D eigenvalue weighted by Gasteiger charge is 2.44. The average molecular weight is 231 g/mol. The molecule has 0 spiro atoms. The third-order valence-electron chi connectivity index (χ3n) is 2.40. The predicted molar refractivity (Wildman–Crippen MR) is 66.7 cm³/mol. The van der Waals surface area contributed by atoms with Crippen LogP contribution in [0.2, 0.25) is 0 Å². The third kappa shape index (κ3) is 3.41. The summed E-state index contributed by atoms with van der Waals surface area (Å²) in [4.78, 5) is 0. The first-order valence-corrected chi connectivity index (χ1v) is 7.54. The Labute approximate surface area is 95.4 Å². The van der Waals surface area contributed by atoms with Gasteiger partial charge in [-0.05, 0) is 39.1 Å². The van der Waals surface area contributed by atoms with Crippen molar-refractivity contribution in [2.75, 3.05) is 26.3 Å². The molecule has 0 N–H and O–H groups in total. The van der Waals surface area contributed by atoms with Gasteiger partial charge in [0.15, 0.2) is 0 Å². The zero-order chi connectivity index (χ0) is 11.9.